The van der Waals surface area contributed by atoms with Gasteiger partial charge in [-0.1, -0.05) is 13.8 Å². The summed E-state index contributed by atoms with van der Waals surface area (Å²) in [5.74, 6) is 0.780. The number of benzene rings is 1. The van der Waals surface area contributed by atoms with E-state index in [-0.39, 0.29) is 23.6 Å². The van der Waals surface area contributed by atoms with Crippen molar-refractivity contribution in [2.24, 2.45) is 5.92 Å². The summed E-state index contributed by atoms with van der Waals surface area (Å²) >= 11 is 0. The lowest BCUT2D eigenvalue weighted by atomic mass is 10.1. The number of fused-ring (bicyclic) bond motifs is 1. The van der Waals surface area contributed by atoms with Crippen LogP contribution < -0.4 is 14.4 Å². The van der Waals surface area contributed by atoms with Crippen LogP contribution in [-0.4, -0.2) is 45.4 Å². The maximum absolute atomic E-state index is 12.6. The fourth-order valence-electron chi connectivity index (χ4n) is 3.57. The van der Waals surface area contributed by atoms with E-state index in [1.165, 1.54) is 0 Å². The largest absolute Gasteiger partial charge is 0.490 e. The van der Waals surface area contributed by atoms with E-state index in [0.717, 1.165) is 31.5 Å². The van der Waals surface area contributed by atoms with Gasteiger partial charge in [0.25, 0.3) is 0 Å². The first-order valence-corrected chi connectivity index (χ1v) is 10.1. The van der Waals surface area contributed by atoms with Gasteiger partial charge >= 0.3 is 0 Å². The molecule has 24 heavy (non-hydrogen) atoms. The highest BCUT2D eigenvalue weighted by Crippen LogP contribution is 2.34. The van der Waals surface area contributed by atoms with Crippen molar-refractivity contribution >= 4 is 15.7 Å². The van der Waals surface area contributed by atoms with Crippen LogP contribution in [0.2, 0.25) is 0 Å². The molecule has 2 N–H and O–H groups in total. The smallest absolute Gasteiger partial charge is 0.244 e. The molecule has 0 amide bonds. The Morgan fingerprint density at radius 1 is 1.42 bits per heavy atom. The van der Waals surface area contributed by atoms with Gasteiger partial charge in [0.1, 0.15) is 17.3 Å². The van der Waals surface area contributed by atoms with E-state index in [0.29, 0.717) is 18.3 Å². The third-order valence-electron chi connectivity index (χ3n) is 4.65. The number of nitrogens with one attached hydrogen (secondary N) is 1. The summed E-state index contributed by atoms with van der Waals surface area (Å²) in [5, 5.41) is 9.50. The van der Waals surface area contributed by atoms with Crippen LogP contribution in [0, 0.1) is 5.92 Å². The van der Waals surface area contributed by atoms with E-state index in [4.69, 9.17) is 4.74 Å². The number of anilines is 1. The lowest BCUT2D eigenvalue weighted by Gasteiger charge is -2.26. The van der Waals surface area contributed by atoms with Gasteiger partial charge in [-0.3, -0.25) is 0 Å². The minimum absolute atomic E-state index is 0.0947. The van der Waals surface area contributed by atoms with Crippen LogP contribution in [0.25, 0.3) is 0 Å². The molecule has 0 aliphatic carbocycles. The van der Waals surface area contributed by atoms with Crippen LogP contribution in [0.3, 0.4) is 0 Å². The predicted molar refractivity (Wildman–Crippen MR) is 93.0 cm³/mol. The summed E-state index contributed by atoms with van der Waals surface area (Å²) in [4.78, 5) is 2.32. The number of ether oxygens (including phenoxy) is 1. The summed E-state index contributed by atoms with van der Waals surface area (Å²) in [6.45, 7) is 5.43. The molecule has 1 aromatic carbocycles. The molecule has 2 heterocycles. The second kappa shape index (κ2) is 6.90. The molecule has 2 aliphatic heterocycles. The van der Waals surface area contributed by atoms with E-state index in [9.17, 15) is 13.5 Å². The van der Waals surface area contributed by atoms with Gasteiger partial charge in [0.2, 0.25) is 10.0 Å². The highest BCUT2D eigenvalue weighted by Gasteiger charge is 2.30. The number of nitrogens with zero attached hydrogens (tertiary/aromatic N) is 1. The van der Waals surface area contributed by atoms with E-state index in [1.807, 2.05) is 0 Å². The number of aliphatic hydroxyl groups excluding tert-OH is 1. The average Bonchev–Trinajstić information content (AvgIpc) is 2.95. The molecule has 2 aliphatic rings. The van der Waals surface area contributed by atoms with Gasteiger partial charge in [-0.15, -0.1) is 0 Å². The van der Waals surface area contributed by atoms with Gasteiger partial charge < -0.3 is 14.7 Å². The molecule has 7 heteroatoms. The molecule has 0 spiro atoms. The molecule has 134 valence electrons. The summed E-state index contributed by atoms with van der Waals surface area (Å²) in [6, 6.07) is 5.08. The Kier molecular flexibility index (Phi) is 5.03. The minimum Gasteiger partial charge on any atom is -0.490 e. The van der Waals surface area contributed by atoms with Crippen molar-refractivity contribution in [2.45, 2.75) is 50.1 Å². The van der Waals surface area contributed by atoms with Crippen molar-refractivity contribution in [3.8, 4) is 5.75 Å². The molecular formula is C17H26N2O4S. The predicted octanol–water partition coefficient (Wildman–Crippen LogP) is 1.73. The standard InChI is InChI=1S/C17H26N2O4S/c1-12(2)8-13-11-23-16-9-14(19-7-3-4-15(19)10-20)5-6-17(16)24(21,22)18-13/h5-6,9,12-13,15,18,20H,3-4,7-8,10-11H2,1-2H3/t13-,15+/m0/s1. The highest BCUT2D eigenvalue weighted by molar-refractivity contribution is 7.89. The van der Waals surface area contributed by atoms with Crippen LogP contribution in [0.4, 0.5) is 5.69 Å². The lowest BCUT2D eigenvalue weighted by Crippen LogP contribution is -2.37. The first-order chi connectivity index (χ1) is 11.4. The summed E-state index contributed by atoms with van der Waals surface area (Å²) < 4.78 is 33.8. The van der Waals surface area contributed by atoms with Crippen molar-refractivity contribution in [3.05, 3.63) is 18.2 Å². The van der Waals surface area contributed by atoms with Gasteiger partial charge in [-0.05, 0) is 37.3 Å². The zero-order chi connectivity index (χ0) is 17.3. The Balaban J connectivity index is 1.89. The van der Waals surface area contributed by atoms with E-state index < -0.39 is 10.0 Å². The van der Waals surface area contributed by atoms with Crippen LogP contribution in [0.1, 0.15) is 33.1 Å². The van der Waals surface area contributed by atoms with Crippen LogP contribution in [0.5, 0.6) is 5.75 Å². The number of rotatable bonds is 4. The van der Waals surface area contributed by atoms with Crippen molar-refractivity contribution in [3.63, 3.8) is 0 Å². The monoisotopic (exact) mass is 354 g/mol. The minimum atomic E-state index is -3.58. The maximum Gasteiger partial charge on any atom is 0.244 e. The second-order valence-electron chi connectivity index (χ2n) is 7.06. The van der Waals surface area contributed by atoms with E-state index in [1.54, 1.807) is 18.2 Å². The Labute approximate surface area is 143 Å². The van der Waals surface area contributed by atoms with Gasteiger partial charge in [-0.25, -0.2) is 13.1 Å². The van der Waals surface area contributed by atoms with Gasteiger partial charge in [0.15, 0.2) is 0 Å². The van der Waals surface area contributed by atoms with Crippen molar-refractivity contribution < 1.29 is 18.3 Å². The first-order valence-electron chi connectivity index (χ1n) is 8.57. The zero-order valence-electron chi connectivity index (χ0n) is 14.2. The number of hydrogen-bond acceptors (Lipinski definition) is 5. The average molecular weight is 354 g/mol. The molecule has 1 aromatic rings. The molecule has 0 bridgehead atoms. The second-order valence-corrected chi connectivity index (χ2v) is 8.74. The molecule has 0 aromatic heterocycles. The Hall–Kier alpha value is -1.31. The molecule has 0 radical (unpaired) electrons. The SMILES string of the molecule is CC(C)C[C@H]1COc2cc(N3CCC[C@@H]3CO)ccc2S(=O)(=O)N1. The van der Waals surface area contributed by atoms with Crippen molar-refractivity contribution in [1.29, 1.82) is 0 Å². The molecule has 3 rings (SSSR count). The number of hydrogen-bond donors (Lipinski definition) is 2. The summed E-state index contributed by atoms with van der Waals surface area (Å²) in [6.07, 6.45) is 2.71. The highest BCUT2D eigenvalue weighted by atomic mass is 32.2. The van der Waals surface area contributed by atoms with Crippen LogP contribution in [-0.2, 0) is 10.0 Å². The molecule has 6 nitrogen and oxygen atoms in total. The Morgan fingerprint density at radius 3 is 2.92 bits per heavy atom. The van der Waals surface area contributed by atoms with Gasteiger partial charge in [0, 0.05) is 18.3 Å². The number of sulfonamides is 1. The molecular weight excluding hydrogens is 328 g/mol. The molecule has 1 saturated heterocycles. The van der Waals surface area contributed by atoms with Crippen molar-refractivity contribution in [1.82, 2.24) is 4.72 Å². The Morgan fingerprint density at radius 2 is 2.21 bits per heavy atom. The summed E-state index contributed by atoms with van der Waals surface area (Å²) in [5.41, 5.74) is 0.905. The maximum atomic E-state index is 12.6. The number of aliphatic hydroxyl groups is 1. The third kappa shape index (κ3) is 3.53. The quantitative estimate of drug-likeness (QED) is 0.861. The Bertz CT molecular complexity index is 690. The lowest BCUT2D eigenvalue weighted by molar-refractivity contribution is 0.261. The fraction of sp³-hybridized carbons (Fsp3) is 0.647. The van der Waals surface area contributed by atoms with Crippen LogP contribution in [0.15, 0.2) is 23.1 Å². The molecule has 0 saturated carbocycles. The van der Waals surface area contributed by atoms with Crippen LogP contribution >= 0.6 is 0 Å². The normalized spacial score (nSPS) is 26.1. The summed E-state index contributed by atoms with van der Waals surface area (Å²) in [7, 11) is -3.58. The molecule has 0 unspecified atom stereocenters. The fourth-order valence-corrected chi connectivity index (χ4v) is 4.93. The van der Waals surface area contributed by atoms with E-state index >= 15 is 0 Å². The third-order valence-corrected chi connectivity index (χ3v) is 6.21. The topological polar surface area (TPSA) is 78.9 Å². The molecule has 1 fully saturated rings. The van der Waals surface area contributed by atoms with E-state index in [2.05, 4.69) is 23.5 Å². The first kappa shape index (κ1) is 17.5. The zero-order valence-corrected chi connectivity index (χ0v) is 15.1. The van der Waals surface area contributed by atoms with Gasteiger partial charge in [-0.2, -0.15) is 0 Å². The molecule has 2 atom stereocenters. The van der Waals surface area contributed by atoms with Crippen molar-refractivity contribution in [2.75, 3.05) is 24.7 Å². The van der Waals surface area contributed by atoms with Gasteiger partial charge in [0.05, 0.1) is 18.7 Å².